The van der Waals surface area contributed by atoms with Crippen molar-refractivity contribution in [1.82, 2.24) is 0 Å². The minimum atomic E-state index is -4.44. The van der Waals surface area contributed by atoms with Gasteiger partial charge >= 0.3 is 18.1 Å². The van der Waals surface area contributed by atoms with Gasteiger partial charge in [0, 0.05) is 11.8 Å². The molecule has 1 aliphatic carbocycles. The number of hydrogen-bond acceptors (Lipinski definition) is 4. The largest absolute Gasteiger partial charge is 0.462 e. The summed E-state index contributed by atoms with van der Waals surface area (Å²) in [7, 11) is 0. The van der Waals surface area contributed by atoms with Crippen molar-refractivity contribution in [2.24, 2.45) is 17.8 Å². The molecule has 2 aromatic rings. The molecule has 0 heterocycles. The molecule has 0 aromatic heterocycles. The molecular weight excluding hydrogens is 361 g/mol. The summed E-state index contributed by atoms with van der Waals surface area (Å²) in [6.45, 7) is -0.739. The Morgan fingerprint density at radius 1 is 0.741 bits per heavy atom. The molecule has 7 heteroatoms. The number of esters is 2. The van der Waals surface area contributed by atoms with E-state index in [1.54, 1.807) is 36.4 Å². The van der Waals surface area contributed by atoms with Gasteiger partial charge in [0.25, 0.3) is 0 Å². The second-order valence-electron chi connectivity index (χ2n) is 6.32. The monoisotopic (exact) mass is 378 g/mol. The zero-order valence-corrected chi connectivity index (χ0v) is 14.2. The quantitative estimate of drug-likeness (QED) is 0.710. The van der Waals surface area contributed by atoms with Gasteiger partial charge < -0.3 is 9.47 Å². The first-order valence-corrected chi connectivity index (χ1v) is 8.39. The third-order valence-electron chi connectivity index (χ3n) is 4.54. The van der Waals surface area contributed by atoms with Gasteiger partial charge in [-0.3, -0.25) is 0 Å². The Labute approximate surface area is 153 Å². The number of ether oxygens (including phenoxy) is 2. The molecule has 0 unspecified atom stereocenters. The molecule has 1 saturated carbocycles. The van der Waals surface area contributed by atoms with Gasteiger partial charge in [0.1, 0.15) is 0 Å². The van der Waals surface area contributed by atoms with Gasteiger partial charge in [-0.05, 0) is 24.3 Å². The fourth-order valence-electron chi connectivity index (χ4n) is 3.04. The number of halogens is 3. The van der Waals surface area contributed by atoms with Gasteiger partial charge in [-0.15, -0.1) is 0 Å². The van der Waals surface area contributed by atoms with E-state index in [9.17, 15) is 22.8 Å². The van der Waals surface area contributed by atoms with Gasteiger partial charge in [0.05, 0.1) is 30.3 Å². The van der Waals surface area contributed by atoms with Crippen molar-refractivity contribution < 1.29 is 32.2 Å². The number of rotatable bonds is 6. The first kappa shape index (κ1) is 18.9. The normalized spacial score (nSPS) is 21.4. The van der Waals surface area contributed by atoms with Crippen LogP contribution in [-0.4, -0.2) is 31.3 Å². The molecule has 1 aliphatic rings. The van der Waals surface area contributed by atoms with Gasteiger partial charge in [0.2, 0.25) is 0 Å². The second-order valence-corrected chi connectivity index (χ2v) is 6.32. The van der Waals surface area contributed by atoms with Gasteiger partial charge in [-0.1, -0.05) is 36.4 Å². The van der Waals surface area contributed by atoms with Crippen LogP contribution < -0.4 is 0 Å². The minimum Gasteiger partial charge on any atom is -0.462 e. The lowest BCUT2D eigenvalue weighted by atomic mass is 10.2. The molecule has 0 radical (unpaired) electrons. The molecule has 0 N–H and O–H groups in total. The van der Waals surface area contributed by atoms with Crippen molar-refractivity contribution in [3.63, 3.8) is 0 Å². The second kappa shape index (κ2) is 7.82. The van der Waals surface area contributed by atoms with Crippen molar-refractivity contribution in [1.29, 1.82) is 0 Å². The van der Waals surface area contributed by atoms with E-state index in [2.05, 4.69) is 0 Å². The highest BCUT2D eigenvalue weighted by molar-refractivity contribution is 5.89. The Hall–Kier alpha value is -2.83. The van der Waals surface area contributed by atoms with Crippen LogP contribution in [0, 0.1) is 17.8 Å². The maximum absolute atomic E-state index is 13.2. The first-order valence-electron chi connectivity index (χ1n) is 8.39. The summed E-state index contributed by atoms with van der Waals surface area (Å²) in [6, 6.07) is 16.1. The highest BCUT2D eigenvalue weighted by atomic mass is 19.4. The summed E-state index contributed by atoms with van der Waals surface area (Å²) < 4.78 is 49.5. The van der Waals surface area contributed by atoms with Crippen molar-refractivity contribution >= 4 is 11.9 Å². The Balaban J connectivity index is 1.55. The number of carbonyl (C=O) groups is 2. The smallest absolute Gasteiger partial charge is 0.392 e. The molecule has 0 saturated heterocycles. The van der Waals surface area contributed by atoms with Crippen molar-refractivity contribution in [2.45, 2.75) is 6.18 Å². The summed E-state index contributed by atoms with van der Waals surface area (Å²) in [4.78, 5) is 23.8. The van der Waals surface area contributed by atoms with Crippen LogP contribution in [0.4, 0.5) is 13.2 Å². The van der Waals surface area contributed by atoms with Crippen LogP contribution in [0.3, 0.4) is 0 Å². The lowest BCUT2D eigenvalue weighted by Gasteiger charge is -2.06. The molecule has 27 heavy (non-hydrogen) atoms. The molecule has 3 rings (SSSR count). The van der Waals surface area contributed by atoms with E-state index >= 15 is 0 Å². The minimum absolute atomic E-state index is 0.272. The fourth-order valence-corrected chi connectivity index (χ4v) is 3.04. The van der Waals surface area contributed by atoms with E-state index < -0.39 is 35.9 Å². The van der Waals surface area contributed by atoms with Crippen LogP contribution in [0.2, 0.25) is 0 Å². The zero-order valence-electron chi connectivity index (χ0n) is 14.2. The van der Waals surface area contributed by atoms with E-state index in [4.69, 9.17) is 9.47 Å². The lowest BCUT2D eigenvalue weighted by molar-refractivity contribution is -0.156. The molecular formula is C20H17F3O4. The van der Waals surface area contributed by atoms with Crippen LogP contribution in [0.5, 0.6) is 0 Å². The Kier molecular flexibility index (Phi) is 5.48. The number of benzene rings is 2. The van der Waals surface area contributed by atoms with Crippen molar-refractivity contribution in [2.75, 3.05) is 13.2 Å². The number of hydrogen-bond donors (Lipinski definition) is 0. The van der Waals surface area contributed by atoms with Gasteiger partial charge in [0.15, 0.2) is 0 Å². The molecule has 2 aromatic carbocycles. The van der Waals surface area contributed by atoms with Crippen LogP contribution >= 0.6 is 0 Å². The van der Waals surface area contributed by atoms with Gasteiger partial charge in [-0.25, -0.2) is 9.59 Å². The first-order chi connectivity index (χ1) is 12.9. The Morgan fingerprint density at radius 3 is 1.44 bits per heavy atom. The summed E-state index contributed by atoms with van der Waals surface area (Å²) in [6.07, 6.45) is -4.44. The molecule has 0 spiro atoms. The van der Waals surface area contributed by atoms with Crippen LogP contribution in [-0.2, 0) is 9.47 Å². The summed E-state index contributed by atoms with van der Waals surface area (Å²) in [5.41, 5.74) is 0.544. The van der Waals surface area contributed by atoms with Crippen molar-refractivity contribution in [3.8, 4) is 0 Å². The average molecular weight is 378 g/mol. The molecule has 0 bridgehead atoms. The van der Waals surface area contributed by atoms with E-state index in [-0.39, 0.29) is 24.3 Å². The third-order valence-corrected chi connectivity index (χ3v) is 4.54. The number of carbonyl (C=O) groups excluding carboxylic acids is 2. The van der Waals surface area contributed by atoms with E-state index in [1.807, 2.05) is 0 Å². The summed E-state index contributed by atoms with van der Waals surface area (Å²) >= 11 is 0. The van der Waals surface area contributed by atoms with E-state index in [0.717, 1.165) is 0 Å². The molecule has 2 atom stereocenters. The zero-order chi connectivity index (χ0) is 19.4. The van der Waals surface area contributed by atoms with E-state index in [0.29, 0.717) is 0 Å². The SMILES string of the molecule is O=C(OC[C@H]1C(C(F)(F)F)[C@@H]1COC(=O)c1ccccc1)c1ccccc1. The van der Waals surface area contributed by atoms with Crippen LogP contribution in [0.25, 0.3) is 0 Å². The maximum Gasteiger partial charge on any atom is 0.392 e. The predicted octanol–water partition coefficient (Wildman–Crippen LogP) is 4.12. The third kappa shape index (κ3) is 4.67. The molecule has 142 valence electrons. The summed E-state index contributed by atoms with van der Waals surface area (Å²) in [5.74, 6) is -4.83. The van der Waals surface area contributed by atoms with E-state index in [1.165, 1.54) is 24.3 Å². The lowest BCUT2D eigenvalue weighted by Crippen LogP contribution is -2.16. The molecule has 0 amide bonds. The summed E-state index contributed by atoms with van der Waals surface area (Å²) in [5, 5.41) is 0. The molecule has 1 fully saturated rings. The highest BCUT2D eigenvalue weighted by Crippen LogP contribution is 2.55. The maximum atomic E-state index is 13.2. The van der Waals surface area contributed by atoms with Crippen LogP contribution in [0.15, 0.2) is 60.7 Å². The predicted molar refractivity (Wildman–Crippen MR) is 90.0 cm³/mol. The standard InChI is InChI=1S/C20H17F3O4/c21-20(22,23)17-15(11-26-18(24)13-7-3-1-4-8-13)16(17)12-27-19(25)14-9-5-2-6-10-14/h1-10,15-17H,11-12H2/t15-,16-/m1/s1. The van der Waals surface area contributed by atoms with Crippen LogP contribution in [0.1, 0.15) is 20.7 Å². The fraction of sp³-hybridized carbons (Fsp3) is 0.300. The van der Waals surface area contributed by atoms with Gasteiger partial charge in [-0.2, -0.15) is 13.2 Å². The molecule has 0 aliphatic heterocycles. The number of alkyl halides is 3. The Bertz CT molecular complexity index is 728. The molecule has 4 nitrogen and oxygen atoms in total. The highest BCUT2D eigenvalue weighted by Gasteiger charge is 2.65. The topological polar surface area (TPSA) is 52.6 Å². The Morgan fingerprint density at radius 2 is 1.11 bits per heavy atom. The average Bonchev–Trinajstić information content (AvgIpc) is 3.39. The van der Waals surface area contributed by atoms with Crippen molar-refractivity contribution in [3.05, 3.63) is 71.8 Å².